The van der Waals surface area contributed by atoms with E-state index < -0.39 is 0 Å². The molecule has 0 bridgehead atoms. The zero-order valence-electron chi connectivity index (χ0n) is 15.6. The van der Waals surface area contributed by atoms with Gasteiger partial charge >= 0.3 is 0 Å². The number of carbonyl (C=O) groups excluding carboxylic acids is 1. The number of piperazine rings is 1. The highest BCUT2D eigenvalue weighted by molar-refractivity contribution is 5.95. The van der Waals surface area contributed by atoms with Crippen LogP contribution in [-0.4, -0.2) is 57.8 Å². The summed E-state index contributed by atoms with van der Waals surface area (Å²) in [5.41, 5.74) is 1.54. The molecule has 7 heteroatoms. The van der Waals surface area contributed by atoms with Gasteiger partial charge in [-0.3, -0.25) is 9.69 Å². The van der Waals surface area contributed by atoms with Crippen molar-refractivity contribution in [3.8, 4) is 11.5 Å². The first-order valence-corrected chi connectivity index (χ1v) is 8.84. The Balaban J connectivity index is 1.55. The molecule has 144 valence electrons. The fraction of sp³-hybridized carbons (Fsp3) is 0.350. The molecular formula is C20H24FN3O3. The highest BCUT2D eigenvalue weighted by Gasteiger charge is 2.20. The molecule has 27 heavy (non-hydrogen) atoms. The summed E-state index contributed by atoms with van der Waals surface area (Å²) in [6.45, 7) is 3.38. The molecule has 0 atom stereocenters. The first-order chi connectivity index (χ1) is 13.1. The lowest BCUT2D eigenvalue weighted by atomic mass is 10.2. The van der Waals surface area contributed by atoms with Gasteiger partial charge in [-0.25, -0.2) is 4.39 Å². The van der Waals surface area contributed by atoms with E-state index in [4.69, 9.17) is 9.47 Å². The highest BCUT2D eigenvalue weighted by atomic mass is 19.1. The molecule has 1 fully saturated rings. The smallest absolute Gasteiger partial charge is 0.238 e. The molecule has 1 N–H and O–H groups in total. The van der Waals surface area contributed by atoms with Crippen LogP contribution in [0.5, 0.6) is 11.5 Å². The van der Waals surface area contributed by atoms with Crippen molar-refractivity contribution < 1.29 is 18.7 Å². The molecule has 1 aliphatic rings. The van der Waals surface area contributed by atoms with Crippen LogP contribution in [0.4, 0.5) is 15.8 Å². The first-order valence-electron chi connectivity index (χ1n) is 8.84. The maximum Gasteiger partial charge on any atom is 0.238 e. The quantitative estimate of drug-likeness (QED) is 0.844. The van der Waals surface area contributed by atoms with E-state index in [2.05, 4.69) is 15.1 Å². The van der Waals surface area contributed by atoms with Gasteiger partial charge in [0.05, 0.1) is 20.8 Å². The maximum atomic E-state index is 13.1. The molecule has 0 aromatic heterocycles. The Morgan fingerprint density at radius 1 is 1.00 bits per heavy atom. The predicted molar refractivity (Wildman–Crippen MR) is 103 cm³/mol. The van der Waals surface area contributed by atoms with E-state index in [0.29, 0.717) is 23.7 Å². The van der Waals surface area contributed by atoms with E-state index in [1.165, 1.54) is 12.1 Å². The van der Waals surface area contributed by atoms with E-state index in [9.17, 15) is 9.18 Å². The van der Waals surface area contributed by atoms with E-state index in [0.717, 1.165) is 31.9 Å². The average molecular weight is 373 g/mol. The molecule has 0 spiro atoms. The van der Waals surface area contributed by atoms with Crippen LogP contribution in [0, 0.1) is 5.82 Å². The lowest BCUT2D eigenvalue weighted by Gasteiger charge is -2.35. The predicted octanol–water partition coefficient (Wildman–Crippen LogP) is 2.60. The SMILES string of the molecule is COc1cccc(OC)c1NC(=O)CN1CCN(c2ccc(F)cc2)CC1. The molecule has 1 amide bonds. The third-order valence-corrected chi connectivity index (χ3v) is 4.62. The van der Waals surface area contributed by atoms with Gasteiger partial charge in [0.15, 0.2) is 0 Å². The maximum absolute atomic E-state index is 13.1. The van der Waals surface area contributed by atoms with Gasteiger partial charge in [-0.2, -0.15) is 0 Å². The number of halogens is 1. The second-order valence-electron chi connectivity index (χ2n) is 6.33. The number of nitrogens with zero attached hydrogens (tertiary/aromatic N) is 2. The number of anilines is 2. The van der Waals surface area contributed by atoms with Gasteiger partial charge in [0.2, 0.25) is 5.91 Å². The van der Waals surface area contributed by atoms with Gasteiger partial charge in [0.1, 0.15) is 23.0 Å². The van der Waals surface area contributed by atoms with Gasteiger partial charge in [0.25, 0.3) is 0 Å². The van der Waals surface area contributed by atoms with Crippen molar-refractivity contribution in [2.45, 2.75) is 0 Å². The van der Waals surface area contributed by atoms with Crippen molar-refractivity contribution in [1.29, 1.82) is 0 Å². The summed E-state index contributed by atoms with van der Waals surface area (Å²) in [5.74, 6) is 0.765. The number of ether oxygens (including phenoxy) is 2. The summed E-state index contributed by atoms with van der Waals surface area (Å²) < 4.78 is 23.7. The topological polar surface area (TPSA) is 54.0 Å². The molecule has 0 radical (unpaired) electrons. The van der Waals surface area contributed by atoms with Crippen molar-refractivity contribution in [3.63, 3.8) is 0 Å². The summed E-state index contributed by atoms with van der Waals surface area (Å²) in [4.78, 5) is 16.8. The molecule has 0 saturated carbocycles. The number of hydrogen-bond donors (Lipinski definition) is 1. The van der Waals surface area contributed by atoms with Gasteiger partial charge < -0.3 is 19.7 Å². The van der Waals surface area contributed by atoms with E-state index in [-0.39, 0.29) is 11.7 Å². The van der Waals surface area contributed by atoms with Crippen molar-refractivity contribution >= 4 is 17.3 Å². The third-order valence-electron chi connectivity index (χ3n) is 4.62. The summed E-state index contributed by atoms with van der Waals surface area (Å²) in [6, 6.07) is 11.9. The Morgan fingerprint density at radius 2 is 1.59 bits per heavy atom. The largest absolute Gasteiger partial charge is 0.494 e. The number of hydrogen-bond acceptors (Lipinski definition) is 5. The first kappa shape index (κ1) is 19.0. The molecule has 0 aliphatic carbocycles. The number of para-hydroxylation sites is 1. The minimum Gasteiger partial charge on any atom is -0.494 e. The Hall–Kier alpha value is -2.80. The molecule has 6 nitrogen and oxygen atoms in total. The summed E-state index contributed by atoms with van der Waals surface area (Å²) in [5, 5.41) is 2.89. The van der Waals surface area contributed by atoms with Gasteiger partial charge in [0, 0.05) is 31.9 Å². The van der Waals surface area contributed by atoms with Crippen LogP contribution in [0.25, 0.3) is 0 Å². The van der Waals surface area contributed by atoms with Crippen LogP contribution in [0.1, 0.15) is 0 Å². The molecule has 1 aliphatic heterocycles. The van der Waals surface area contributed by atoms with Crippen molar-refractivity contribution in [1.82, 2.24) is 4.90 Å². The van der Waals surface area contributed by atoms with Crippen LogP contribution in [-0.2, 0) is 4.79 Å². The Bertz CT molecular complexity index is 752. The van der Waals surface area contributed by atoms with Crippen molar-refractivity contribution in [2.24, 2.45) is 0 Å². The number of carbonyl (C=O) groups is 1. The van der Waals surface area contributed by atoms with Crippen LogP contribution >= 0.6 is 0 Å². The Kier molecular flexibility index (Phi) is 6.13. The van der Waals surface area contributed by atoms with Crippen LogP contribution in [0.3, 0.4) is 0 Å². The fourth-order valence-electron chi connectivity index (χ4n) is 3.17. The summed E-state index contributed by atoms with van der Waals surface area (Å²) in [7, 11) is 3.11. The standard InChI is InChI=1S/C20H24FN3O3/c1-26-17-4-3-5-18(27-2)20(17)22-19(25)14-23-10-12-24(13-11-23)16-8-6-15(21)7-9-16/h3-9H,10-14H2,1-2H3,(H,22,25). The molecule has 1 saturated heterocycles. The molecule has 0 unspecified atom stereocenters. The Morgan fingerprint density at radius 3 is 2.15 bits per heavy atom. The number of methoxy groups -OCH3 is 2. The van der Waals surface area contributed by atoms with Crippen LogP contribution in [0.2, 0.25) is 0 Å². The molecule has 3 rings (SSSR count). The van der Waals surface area contributed by atoms with Crippen LogP contribution < -0.4 is 19.7 Å². The zero-order chi connectivity index (χ0) is 19.2. The average Bonchev–Trinajstić information content (AvgIpc) is 2.69. The normalized spacial score (nSPS) is 14.7. The van der Waals surface area contributed by atoms with Crippen molar-refractivity contribution in [3.05, 3.63) is 48.3 Å². The highest BCUT2D eigenvalue weighted by Crippen LogP contribution is 2.34. The van der Waals surface area contributed by atoms with Crippen molar-refractivity contribution in [2.75, 3.05) is 57.2 Å². The second-order valence-corrected chi connectivity index (χ2v) is 6.33. The van der Waals surface area contributed by atoms with E-state index in [1.54, 1.807) is 38.5 Å². The Labute approximate surface area is 158 Å². The minimum atomic E-state index is -0.235. The molecule has 2 aromatic carbocycles. The van der Waals surface area contributed by atoms with Gasteiger partial charge in [-0.05, 0) is 36.4 Å². The number of rotatable bonds is 6. The monoisotopic (exact) mass is 373 g/mol. The zero-order valence-corrected chi connectivity index (χ0v) is 15.6. The summed E-state index contributed by atoms with van der Waals surface area (Å²) >= 11 is 0. The lowest BCUT2D eigenvalue weighted by molar-refractivity contribution is -0.117. The van der Waals surface area contributed by atoms with Gasteiger partial charge in [-0.1, -0.05) is 6.07 Å². The molecule has 2 aromatic rings. The molecular weight excluding hydrogens is 349 g/mol. The van der Waals surface area contributed by atoms with E-state index >= 15 is 0 Å². The van der Waals surface area contributed by atoms with Gasteiger partial charge in [-0.15, -0.1) is 0 Å². The minimum absolute atomic E-state index is 0.118. The fourth-order valence-corrected chi connectivity index (χ4v) is 3.17. The number of nitrogens with one attached hydrogen (secondary N) is 1. The van der Waals surface area contributed by atoms with Crippen LogP contribution in [0.15, 0.2) is 42.5 Å². The summed E-state index contributed by atoms with van der Waals surface area (Å²) in [6.07, 6.45) is 0. The number of benzene rings is 2. The second kappa shape index (κ2) is 8.73. The van der Waals surface area contributed by atoms with E-state index in [1.807, 2.05) is 6.07 Å². The third kappa shape index (κ3) is 4.68. The lowest BCUT2D eigenvalue weighted by Crippen LogP contribution is -2.48. The molecule has 1 heterocycles. The number of amides is 1.